The maximum Gasteiger partial charge on any atom is 0.506 e. The van der Waals surface area contributed by atoms with Crippen LogP contribution in [-0.2, 0) is 15.0 Å². The molecule has 0 aliphatic carbocycles. The third-order valence-corrected chi connectivity index (χ3v) is 4.43. The second-order valence-electron chi connectivity index (χ2n) is 7.24. The molecule has 2 aliphatic rings. The van der Waals surface area contributed by atoms with Gasteiger partial charge in [0.05, 0.1) is 6.04 Å². The monoisotopic (exact) mass is 333 g/mol. The highest BCUT2D eigenvalue weighted by Gasteiger charge is 2.56. The van der Waals surface area contributed by atoms with Crippen molar-refractivity contribution in [3.8, 4) is 0 Å². The molecule has 0 aromatic carbocycles. The van der Waals surface area contributed by atoms with Crippen LogP contribution in [0.3, 0.4) is 0 Å². The number of imide groups is 1. The van der Waals surface area contributed by atoms with E-state index in [0.717, 1.165) is 4.90 Å². The van der Waals surface area contributed by atoms with Crippen molar-refractivity contribution in [2.45, 2.75) is 52.1 Å². The molecule has 3 heterocycles. The van der Waals surface area contributed by atoms with E-state index in [-0.39, 0.29) is 17.2 Å². The van der Waals surface area contributed by atoms with Crippen LogP contribution in [0.15, 0.2) is 15.6 Å². The first-order chi connectivity index (χ1) is 11.0. The molecule has 128 valence electrons. The summed E-state index contributed by atoms with van der Waals surface area (Å²) in [4.78, 5) is 43.7. The Balaban J connectivity index is 2.08. The number of likely N-dealkylation sites (N-methyl/N-ethyl adjacent to an activating group) is 1. The maximum absolute atomic E-state index is 12.9. The molecule has 0 radical (unpaired) electrons. The van der Waals surface area contributed by atoms with Crippen molar-refractivity contribution in [3.05, 3.63) is 12.0 Å². The highest BCUT2D eigenvalue weighted by atomic mass is 16.4. The van der Waals surface area contributed by atoms with Gasteiger partial charge in [0, 0.05) is 17.5 Å². The number of nitrogens with zero attached hydrogens (tertiary/aromatic N) is 4. The molecule has 1 fully saturated rings. The molecule has 2 unspecified atom stereocenters. The number of amidine groups is 1. The number of aromatic nitrogens is 1. The van der Waals surface area contributed by atoms with E-state index >= 15 is 0 Å². The lowest BCUT2D eigenvalue weighted by molar-refractivity contribution is -0.679. The third kappa shape index (κ3) is 2.16. The van der Waals surface area contributed by atoms with Gasteiger partial charge in [0.15, 0.2) is 11.5 Å². The molecule has 8 heteroatoms. The normalized spacial score (nSPS) is 21.6. The molecule has 0 bridgehead atoms. The van der Waals surface area contributed by atoms with Gasteiger partial charge in [0.25, 0.3) is 17.8 Å². The van der Waals surface area contributed by atoms with Crippen molar-refractivity contribution >= 4 is 29.6 Å². The molecule has 0 spiro atoms. The Morgan fingerprint density at radius 2 is 2.00 bits per heavy atom. The number of carbonyl (C=O) groups excluding carboxylic acids is 3. The van der Waals surface area contributed by atoms with Crippen LogP contribution in [-0.4, -0.2) is 46.4 Å². The van der Waals surface area contributed by atoms with Crippen molar-refractivity contribution in [2.24, 2.45) is 4.99 Å². The van der Waals surface area contributed by atoms with Crippen LogP contribution in [0.25, 0.3) is 0 Å². The number of hydrogen-bond donors (Lipinski definition) is 0. The Morgan fingerprint density at radius 3 is 2.54 bits per heavy atom. The molecule has 2 atom stereocenters. The summed E-state index contributed by atoms with van der Waals surface area (Å²) in [7, 11) is 1.54. The van der Waals surface area contributed by atoms with Gasteiger partial charge >= 0.3 is 12.0 Å². The number of rotatable bonds is 2. The minimum atomic E-state index is -0.826. The number of aliphatic imine (C=N–C) groups is 1. The smallest absolute Gasteiger partial charge is 0.389 e. The van der Waals surface area contributed by atoms with Gasteiger partial charge in [0.2, 0.25) is 0 Å². The van der Waals surface area contributed by atoms with Gasteiger partial charge in [-0.05, 0) is 13.8 Å². The quantitative estimate of drug-likeness (QED) is 0.764. The van der Waals surface area contributed by atoms with E-state index < -0.39 is 24.0 Å². The average Bonchev–Trinajstić information content (AvgIpc) is 3.01. The van der Waals surface area contributed by atoms with E-state index in [2.05, 4.69) is 4.99 Å². The topological polar surface area (TPSA) is 87.1 Å². The fraction of sp³-hybridized carbons (Fsp3) is 0.562. The van der Waals surface area contributed by atoms with Gasteiger partial charge in [-0.25, -0.2) is 9.69 Å². The summed E-state index contributed by atoms with van der Waals surface area (Å²) in [5.41, 5.74) is -0.237. The van der Waals surface area contributed by atoms with Crippen LogP contribution in [0.1, 0.15) is 46.4 Å². The minimum absolute atomic E-state index is 0.237. The number of hydrogen-bond acceptors (Lipinski definition) is 5. The molecule has 2 aliphatic heterocycles. The number of carbonyl (C=O) groups is 3. The SMILES string of the molecule is CC(=O)C(C)N1C(=O)C2C(=Nc3oc(C(C)(C)C)c[n+]32)N(C)C1=O. The summed E-state index contributed by atoms with van der Waals surface area (Å²) in [6.45, 7) is 8.89. The van der Waals surface area contributed by atoms with Crippen LogP contribution < -0.4 is 4.57 Å². The predicted octanol–water partition coefficient (Wildman–Crippen LogP) is 1.32. The molecule has 3 rings (SSSR count). The van der Waals surface area contributed by atoms with Crippen LogP contribution in [0.4, 0.5) is 10.8 Å². The van der Waals surface area contributed by atoms with E-state index in [1.807, 2.05) is 20.8 Å². The summed E-state index contributed by atoms with van der Waals surface area (Å²) >= 11 is 0. The van der Waals surface area contributed by atoms with Crippen molar-refractivity contribution in [3.63, 3.8) is 0 Å². The highest BCUT2D eigenvalue weighted by molar-refractivity contribution is 6.20. The largest absolute Gasteiger partial charge is 0.506 e. The Labute approximate surface area is 139 Å². The molecule has 1 aromatic heterocycles. The van der Waals surface area contributed by atoms with Crippen LogP contribution in [0.2, 0.25) is 0 Å². The number of ketones is 1. The zero-order valence-electron chi connectivity index (χ0n) is 14.7. The number of oxazole rings is 1. The summed E-state index contributed by atoms with van der Waals surface area (Å²) < 4.78 is 7.38. The molecular formula is C16H21N4O4+. The molecular weight excluding hydrogens is 312 g/mol. The Hall–Kier alpha value is -2.51. The number of Topliss-reactive ketones (excluding diaryl/α,β-unsaturated/α-hetero) is 1. The van der Waals surface area contributed by atoms with E-state index in [9.17, 15) is 14.4 Å². The molecule has 1 saturated heterocycles. The fourth-order valence-electron chi connectivity index (χ4n) is 2.77. The Kier molecular flexibility index (Phi) is 3.40. The van der Waals surface area contributed by atoms with E-state index in [0.29, 0.717) is 11.6 Å². The lowest BCUT2D eigenvalue weighted by Gasteiger charge is -2.34. The summed E-state index contributed by atoms with van der Waals surface area (Å²) in [5.74, 6) is 0.288. The third-order valence-electron chi connectivity index (χ3n) is 4.43. The average molecular weight is 333 g/mol. The molecule has 3 amide bonds. The van der Waals surface area contributed by atoms with Gasteiger partial charge in [-0.2, -0.15) is 4.57 Å². The Morgan fingerprint density at radius 1 is 1.38 bits per heavy atom. The number of urea groups is 1. The van der Waals surface area contributed by atoms with Crippen LogP contribution >= 0.6 is 0 Å². The van der Waals surface area contributed by atoms with Gasteiger partial charge in [-0.3, -0.25) is 14.5 Å². The molecule has 0 N–H and O–H groups in total. The van der Waals surface area contributed by atoms with Gasteiger partial charge in [0.1, 0.15) is 6.20 Å². The van der Waals surface area contributed by atoms with Crippen molar-refractivity contribution in [1.82, 2.24) is 9.80 Å². The standard InChI is InChI=1S/C16H21N4O4/c1-8(9(2)21)20-13(22)11-12(18(6)15(20)23)17-14-19(11)7-10(24-14)16(3,4)5/h7-8,11H,1-6H3/q+1. The fourth-order valence-corrected chi connectivity index (χ4v) is 2.77. The second-order valence-corrected chi connectivity index (χ2v) is 7.24. The first-order valence-electron chi connectivity index (χ1n) is 7.79. The summed E-state index contributed by atoms with van der Waals surface area (Å²) in [5, 5.41) is 0. The predicted molar refractivity (Wildman–Crippen MR) is 83.9 cm³/mol. The molecule has 0 saturated carbocycles. The van der Waals surface area contributed by atoms with Gasteiger partial charge < -0.3 is 4.42 Å². The van der Waals surface area contributed by atoms with Crippen LogP contribution in [0, 0.1) is 0 Å². The van der Waals surface area contributed by atoms with Crippen LogP contribution in [0.5, 0.6) is 0 Å². The molecule has 1 aromatic rings. The maximum atomic E-state index is 12.9. The minimum Gasteiger partial charge on any atom is -0.389 e. The lowest BCUT2D eigenvalue weighted by Crippen LogP contribution is -2.65. The lowest BCUT2D eigenvalue weighted by atomic mass is 9.94. The first-order valence-corrected chi connectivity index (χ1v) is 7.79. The zero-order valence-corrected chi connectivity index (χ0v) is 14.7. The van der Waals surface area contributed by atoms with Gasteiger partial charge in [-0.1, -0.05) is 20.8 Å². The van der Waals surface area contributed by atoms with E-state index in [1.165, 1.54) is 18.9 Å². The zero-order chi connectivity index (χ0) is 18.0. The molecule has 24 heavy (non-hydrogen) atoms. The van der Waals surface area contributed by atoms with Gasteiger partial charge in [-0.15, -0.1) is 0 Å². The Bertz CT molecular complexity index is 786. The van der Waals surface area contributed by atoms with Crippen molar-refractivity contribution in [1.29, 1.82) is 0 Å². The van der Waals surface area contributed by atoms with Crippen molar-refractivity contribution in [2.75, 3.05) is 7.05 Å². The number of amides is 3. The van der Waals surface area contributed by atoms with E-state index in [1.54, 1.807) is 17.7 Å². The molecule has 8 nitrogen and oxygen atoms in total. The highest BCUT2D eigenvalue weighted by Crippen LogP contribution is 2.33. The first kappa shape index (κ1) is 16.4. The second kappa shape index (κ2) is 4.99. The van der Waals surface area contributed by atoms with E-state index in [4.69, 9.17) is 4.42 Å². The number of fused-ring (bicyclic) bond motifs is 3. The summed E-state index contributed by atoms with van der Waals surface area (Å²) in [6.07, 6.45) is 1.74. The summed E-state index contributed by atoms with van der Waals surface area (Å²) in [6, 6.07) is -1.89. The van der Waals surface area contributed by atoms with Crippen molar-refractivity contribution < 1.29 is 23.4 Å².